The Morgan fingerprint density at radius 3 is 2.71 bits per heavy atom. The van der Waals surface area contributed by atoms with Gasteiger partial charge < -0.3 is 15.2 Å². The van der Waals surface area contributed by atoms with E-state index in [0.29, 0.717) is 12.0 Å². The zero-order valence-corrected chi connectivity index (χ0v) is 13.2. The van der Waals surface area contributed by atoms with E-state index in [1.165, 1.54) is 44.2 Å². The summed E-state index contributed by atoms with van der Waals surface area (Å²) in [5.41, 5.74) is 1.28. The number of fused-ring (bicyclic) bond motifs is 2. The van der Waals surface area contributed by atoms with Crippen LogP contribution in [0.3, 0.4) is 0 Å². The van der Waals surface area contributed by atoms with Crippen molar-refractivity contribution in [3.8, 4) is 0 Å². The minimum absolute atomic E-state index is 0.619. The van der Waals surface area contributed by atoms with Gasteiger partial charge in [-0.3, -0.25) is 0 Å². The normalized spacial score (nSPS) is 32.6. The van der Waals surface area contributed by atoms with Crippen LogP contribution in [0.25, 0.3) is 0 Å². The standard InChI is InChI=1S/C16H24N4S/c21-16(19-14-8-11-1-2-13(14)7-11)20-5-3-12(4-6-20)15-9-17-10-18-15/h9-14H,1-8H2,(H,17,18)(H,19,21)/t11-,13+,14-/m0/s1. The number of H-pyrrole nitrogens is 1. The fourth-order valence-electron chi connectivity index (χ4n) is 4.55. The number of aromatic amines is 1. The second-order valence-electron chi connectivity index (χ2n) is 7.00. The topological polar surface area (TPSA) is 44.0 Å². The molecule has 114 valence electrons. The van der Waals surface area contributed by atoms with E-state index < -0.39 is 0 Å². The molecule has 4 nitrogen and oxygen atoms in total. The van der Waals surface area contributed by atoms with Crippen LogP contribution < -0.4 is 5.32 Å². The molecule has 1 aliphatic heterocycles. The minimum atomic E-state index is 0.619. The van der Waals surface area contributed by atoms with Crippen molar-refractivity contribution in [2.24, 2.45) is 11.8 Å². The van der Waals surface area contributed by atoms with Crippen LogP contribution in [-0.2, 0) is 0 Å². The Bertz CT molecular complexity index is 492. The van der Waals surface area contributed by atoms with E-state index in [2.05, 4.69) is 20.2 Å². The molecule has 1 aromatic rings. The van der Waals surface area contributed by atoms with Gasteiger partial charge in [0.15, 0.2) is 5.11 Å². The number of thiocarbonyl (C=S) groups is 1. The molecule has 1 aromatic heterocycles. The monoisotopic (exact) mass is 304 g/mol. The predicted octanol–water partition coefficient (Wildman–Crippen LogP) is 2.65. The third-order valence-electron chi connectivity index (χ3n) is 5.79. The number of nitrogens with zero attached hydrogens (tertiary/aromatic N) is 2. The quantitative estimate of drug-likeness (QED) is 0.825. The van der Waals surface area contributed by atoms with Crippen molar-refractivity contribution in [3.63, 3.8) is 0 Å². The zero-order chi connectivity index (χ0) is 14.2. The Balaban J connectivity index is 1.29. The molecule has 0 amide bonds. The molecule has 0 unspecified atom stereocenters. The molecule has 3 fully saturated rings. The van der Waals surface area contributed by atoms with E-state index in [1.54, 1.807) is 6.33 Å². The number of piperidine rings is 1. The average molecular weight is 304 g/mol. The molecule has 0 radical (unpaired) electrons. The van der Waals surface area contributed by atoms with Crippen molar-refractivity contribution in [3.05, 3.63) is 18.2 Å². The van der Waals surface area contributed by atoms with Gasteiger partial charge >= 0.3 is 0 Å². The molecule has 21 heavy (non-hydrogen) atoms. The molecule has 0 aromatic carbocycles. The maximum atomic E-state index is 5.66. The highest BCUT2D eigenvalue weighted by Crippen LogP contribution is 2.44. The fourth-order valence-corrected chi connectivity index (χ4v) is 4.89. The van der Waals surface area contributed by atoms with Crippen molar-refractivity contribution in [2.75, 3.05) is 13.1 Å². The lowest BCUT2D eigenvalue weighted by atomic mass is 9.94. The summed E-state index contributed by atoms with van der Waals surface area (Å²) in [7, 11) is 0. The van der Waals surface area contributed by atoms with Gasteiger partial charge in [0, 0.05) is 36.9 Å². The maximum absolute atomic E-state index is 5.66. The van der Waals surface area contributed by atoms with E-state index in [0.717, 1.165) is 30.0 Å². The molecular weight excluding hydrogens is 280 g/mol. The van der Waals surface area contributed by atoms with Gasteiger partial charge in [-0.15, -0.1) is 0 Å². The highest BCUT2D eigenvalue weighted by Gasteiger charge is 2.40. The van der Waals surface area contributed by atoms with Crippen LogP contribution >= 0.6 is 12.2 Å². The number of aromatic nitrogens is 2. The predicted molar refractivity (Wildman–Crippen MR) is 87.1 cm³/mol. The molecular formula is C16H24N4S. The lowest BCUT2D eigenvalue weighted by Gasteiger charge is -2.35. The number of imidazole rings is 1. The second-order valence-corrected chi connectivity index (χ2v) is 7.39. The number of hydrogen-bond donors (Lipinski definition) is 2. The zero-order valence-electron chi connectivity index (χ0n) is 12.4. The molecule has 2 bridgehead atoms. The van der Waals surface area contributed by atoms with Gasteiger partial charge in [0.2, 0.25) is 0 Å². The van der Waals surface area contributed by atoms with Crippen LogP contribution in [0.1, 0.15) is 50.1 Å². The Morgan fingerprint density at radius 2 is 2.10 bits per heavy atom. The molecule has 0 spiro atoms. The lowest BCUT2D eigenvalue weighted by molar-refractivity contribution is 0.296. The SMILES string of the molecule is S=C(N[C@H]1C[C@H]2CC[C@@H]1C2)N1CCC(c2cnc[nH]2)CC1. The van der Waals surface area contributed by atoms with Crippen LogP contribution in [0.4, 0.5) is 0 Å². The number of rotatable bonds is 2. The van der Waals surface area contributed by atoms with Crippen molar-refractivity contribution >= 4 is 17.3 Å². The van der Waals surface area contributed by atoms with Crippen molar-refractivity contribution < 1.29 is 0 Å². The van der Waals surface area contributed by atoms with Gasteiger partial charge in [-0.25, -0.2) is 4.98 Å². The van der Waals surface area contributed by atoms with E-state index in [-0.39, 0.29) is 0 Å². The smallest absolute Gasteiger partial charge is 0.169 e. The van der Waals surface area contributed by atoms with Crippen LogP contribution in [0.2, 0.25) is 0 Å². The first-order valence-electron chi connectivity index (χ1n) is 8.33. The Labute approximate surface area is 131 Å². The first kappa shape index (κ1) is 13.6. The molecule has 2 N–H and O–H groups in total. The van der Waals surface area contributed by atoms with Gasteiger partial charge in [0.25, 0.3) is 0 Å². The molecule has 2 saturated carbocycles. The third kappa shape index (κ3) is 2.68. The maximum Gasteiger partial charge on any atom is 0.169 e. The van der Waals surface area contributed by atoms with Gasteiger partial charge in [-0.05, 0) is 56.2 Å². The van der Waals surface area contributed by atoms with Crippen LogP contribution in [0.5, 0.6) is 0 Å². The summed E-state index contributed by atoms with van der Waals surface area (Å²) in [4.78, 5) is 9.75. The van der Waals surface area contributed by atoms with Gasteiger partial charge in [-0.2, -0.15) is 0 Å². The van der Waals surface area contributed by atoms with Crippen LogP contribution in [-0.4, -0.2) is 39.1 Å². The first-order valence-corrected chi connectivity index (χ1v) is 8.74. The van der Waals surface area contributed by atoms with E-state index in [1.807, 2.05) is 6.20 Å². The Morgan fingerprint density at radius 1 is 1.24 bits per heavy atom. The summed E-state index contributed by atoms with van der Waals surface area (Å²) in [6.07, 6.45) is 11.7. The average Bonchev–Trinajstić information content (AvgIpc) is 3.25. The highest BCUT2D eigenvalue weighted by molar-refractivity contribution is 7.80. The minimum Gasteiger partial charge on any atom is -0.360 e. The summed E-state index contributed by atoms with van der Waals surface area (Å²) in [5.74, 6) is 2.48. The molecule has 5 heteroatoms. The number of likely N-dealkylation sites (tertiary alicyclic amines) is 1. The largest absolute Gasteiger partial charge is 0.360 e. The number of nitrogens with one attached hydrogen (secondary N) is 2. The molecule has 4 rings (SSSR count). The van der Waals surface area contributed by atoms with E-state index in [9.17, 15) is 0 Å². The van der Waals surface area contributed by atoms with Gasteiger partial charge in [0.05, 0.1) is 6.33 Å². The summed E-state index contributed by atoms with van der Waals surface area (Å²) in [5, 5.41) is 4.66. The Kier molecular flexibility index (Phi) is 3.61. The lowest BCUT2D eigenvalue weighted by Crippen LogP contribution is -2.48. The molecule has 2 aliphatic carbocycles. The molecule has 1 saturated heterocycles. The molecule has 3 aliphatic rings. The third-order valence-corrected chi connectivity index (χ3v) is 6.16. The van der Waals surface area contributed by atoms with Crippen molar-refractivity contribution in [1.82, 2.24) is 20.2 Å². The summed E-state index contributed by atoms with van der Waals surface area (Å²) < 4.78 is 0. The number of hydrogen-bond acceptors (Lipinski definition) is 2. The molecule has 3 atom stereocenters. The van der Waals surface area contributed by atoms with Gasteiger partial charge in [-0.1, -0.05) is 6.42 Å². The summed E-state index contributed by atoms with van der Waals surface area (Å²) >= 11 is 5.66. The van der Waals surface area contributed by atoms with Crippen molar-refractivity contribution in [1.29, 1.82) is 0 Å². The highest BCUT2D eigenvalue weighted by atomic mass is 32.1. The van der Waals surface area contributed by atoms with Gasteiger partial charge in [0.1, 0.15) is 0 Å². The molecule has 2 heterocycles. The summed E-state index contributed by atoms with van der Waals surface area (Å²) in [6, 6.07) is 0.654. The first-order chi connectivity index (χ1) is 10.3. The summed E-state index contributed by atoms with van der Waals surface area (Å²) in [6.45, 7) is 2.13. The Hall–Kier alpha value is -1.10. The van der Waals surface area contributed by atoms with Crippen LogP contribution in [0, 0.1) is 11.8 Å². The second kappa shape index (κ2) is 5.59. The van der Waals surface area contributed by atoms with E-state index in [4.69, 9.17) is 12.2 Å². The van der Waals surface area contributed by atoms with Crippen molar-refractivity contribution in [2.45, 2.75) is 50.5 Å². The van der Waals surface area contributed by atoms with E-state index >= 15 is 0 Å². The fraction of sp³-hybridized carbons (Fsp3) is 0.750. The van der Waals surface area contributed by atoms with Crippen LogP contribution in [0.15, 0.2) is 12.5 Å².